The van der Waals surface area contributed by atoms with E-state index in [4.69, 9.17) is 0 Å². The fraction of sp³-hybridized carbons (Fsp3) is 0.750. The van der Waals surface area contributed by atoms with Gasteiger partial charge in [0, 0.05) is 0 Å². The molecule has 2 unspecified atom stereocenters. The van der Waals surface area contributed by atoms with E-state index in [0.29, 0.717) is 5.92 Å². The molecule has 0 N–H and O–H groups in total. The van der Waals surface area contributed by atoms with Gasteiger partial charge in [0.15, 0.2) is 0 Å². The Labute approximate surface area is 104 Å². The molecule has 0 heterocycles. The third-order valence-electron chi connectivity index (χ3n) is 3.23. The summed E-state index contributed by atoms with van der Waals surface area (Å²) in [6.45, 7) is 19.4. The molecule has 0 rings (SSSR count). The third kappa shape index (κ3) is 7.73. The third-order valence-corrected chi connectivity index (χ3v) is 3.23. The summed E-state index contributed by atoms with van der Waals surface area (Å²) in [5.74, 6) is 2.19. The van der Waals surface area contributed by atoms with Crippen LogP contribution >= 0.6 is 0 Å². The zero-order valence-electron chi connectivity index (χ0n) is 11.3. The van der Waals surface area contributed by atoms with E-state index in [2.05, 4.69) is 47.8 Å². The normalized spacial score (nSPS) is 14.1. The van der Waals surface area contributed by atoms with E-state index in [-0.39, 0.29) is 7.43 Å². The summed E-state index contributed by atoms with van der Waals surface area (Å²) >= 11 is 0. The molecule has 0 saturated carbocycles. The van der Waals surface area contributed by atoms with Crippen LogP contribution in [0.5, 0.6) is 0 Å². The molecule has 0 heteroatoms. The molecule has 0 aliphatic carbocycles. The minimum absolute atomic E-state index is 0. The van der Waals surface area contributed by atoms with Crippen molar-refractivity contribution in [2.24, 2.45) is 17.8 Å². The van der Waals surface area contributed by atoms with Crippen molar-refractivity contribution in [3.63, 3.8) is 0 Å². The fourth-order valence-electron chi connectivity index (χ4n) is 1.80. The lowest BCUT2D eigenvalue weighted by molar-refractivity contribution is 0.369. The van der Waals surface area contributed by atoms with Crippen molar-refractivity contribution >= 4 is 0 Å². The molecule has 96 valence electrons. The fourth-order valence-corrected chi connectivity index (χ4v) is 1.80. The Balaban J connectivity index is 0. The molecule has 2 atom stereocenters. The van der Waals surface area contributed by atoms with Gasteiger partial charge >= 0.3 is 0 Å². The van der Waals surface area contributed by atoms with Crippen LogP contribution in [0.25, 0.3) is 0 Å². The van der Waals surface area contributed by atoms with E-state index in [1.54, 1.807) is 0 Å². The van der Waals surface area contributed by atoms with Gasteiger partial charge in [0.1, 0.15) is 0 Å². The van der Waals surface area contributed by atoms with Crippen LogP contribution in [0.1, 0.15) is 61.3 Å². The Hall–Kier alpha value is -0.520. The molecule has 0 nitrogen and oxygen atoms in total. The number of hydrogen-bond donors (Lipinski definition) is 0. The van der Waals surface area contributed by atoms with Crippen molar-refractivity contribution < 1.29 is 0 Å². The summed E-state index contributed by atoms with van der Waals surface area (Å²) in [4.78, 5) is 0. The summed E-state index contributed by atoms with van der Waals surface area (Å²) in [5.41, 5.74) is 2.57. The second-order valence-corrected chi connectivity index (χ2v) is 5.53. The van der Waals surface area contributed by atoms with Crippen LogP contribution in [-0.4, -0.2) is 0 Å². The van der Waals surface area contributed by atoms with Crippen LogP contribution < -0.4 is 0 Å². The second-order valence-electron chi connectivity index (χ2n) is 5.53. The molecule has 0 aromatic heterocycles. The maximum Gasteiger partial charge on any atom is -0.0114 e. The highest BCUT2D eigenvalue weighted by molar-refractivity contribution is 5.10. The largest absolute Gasteiger partial charge is 0.0998 e. The van der Waals surface area contributed by atoms with Gasteiger partial charge in [-0.1, -0.05) is 65.8 Å². The smallest absolute Gasteiger partial charge is 0.0114 e. The van der Waals surface area contributed by atoms with Crippen LogP contribution in [0.3, 0.4) is 0 Å². The molecule has 0 aliphatic heterocycles. The molecule has 0 radical (unpaired) electrons. The molecule has 0 aromatic rings. The van der Waals surface area contributed by atoms with E-state index in [9.17, 15) is 0 Å². The molecule has 0 aliphatic rings. The van der Waals surface area contributed by atoms with E-state index < -0.39 is 0 Å². The highest BCUT2D eigenvalue weighted by Crippen LogP contribution is 2.27. The van der Waals surface area contributed by atoms with E-state index in [1.807, 2.05) is 0 Å². The van der Waals surface area contributed by atoms with Gasteiger partial charge in [-0.25, -0.2) is 0 Å². The number of rotatable bonds is 7. The lowest BCUT2D eigenvalue weighted by Crippen LogP contribution is -2.11. The van der Waals surface area contributed by atoms with Gasteiger partial charge in [0.2, 0.25) is 0 Å². The highest BCUT2D eigenvalue weighted by atomic mass is 14.2. The Morgan fingerprint density at radius 2 is 1.50 bits per heavy atom. The Morgan fingerprint density at radius 3 is 1.88 bits per heavy atom. The summed E-state index contributed by atoms with van der Waals surface area (Å²) in [7, 11) is 0. The monoisotopic (exact) mass is 224 g/mol. The van der Waals surface area contributed by atoms with Crippen molar-refractivity contribution in [1.29, 1.82) is 0 Å². The van der Waals surface area contributed by atoms with Gasteiger partial charge in [-0.2, -0.15) is 0 Å². The Kier molecular flexibility index (Phi) is 9.61. The first-order valence-corrected chi connectivity index (χ1v) is 6.16. The highest BCUT2D eigenvalue weighted by Gasteiger charge is 2.15. The van der Waals surface area contributed by atoms with Crippen LogP contribution in [-0.2, 0) is 0 Å². The predicted molar refractivity (Wildman–Crippen MR) is 77.7 cm³/mol. The van der Waals surface area contributed by atoms with Gasteiger partial charge < -0.3 is 0 Å². The molecule has 0 bridgehead atoms. The summed E-state index contributed by atoms with van der Waals surface area (Å²) in [5, 5.41) is 0. The maximum absolute atomic E-state index is 4.18. The summed E-state index contributed by atoms with van der Waals surface area (Å²) in [6.07, 6.45) is 3.63. The van der Waals surface area contributed by atoms with Gasteiger partial charge in [-0.3, -0.25) is 0 Å². The second kappa shape index (κ2) is 8.61. The Morgan fingerprint density at radius 1 is 1.00 bits per heavy atom. The molecular formula is C16H32. The quantitative estimate of drug-likeness (QED) is 0.476. The molecule has 0 aromatic carbocycles. The van der Waals surface area contributed by atoms with Gasteiger partial charge in [-0.05, 0) is 37.5 Å². The molecule has 0 amide bonds. The topological polar surface area (TPSA) is 0 Å². The van der Waals surface area contributed by atoms with Gasteiger partial charge in [0.05, 0.1) is 0 Å². The van der Waals surface area contributed by atoms with Crippen molar-refractivity contribution in [1.82, 2.24) is 0 Å². The number of allylic oxidation sites excluding steroid dienone is 2. The first-order valence-electron chi connectivity index (χ1n) is 6.16. The summed E-state index contributed by atoms with van der Waals surface area (Å²) in [6, 6.07) is 0. The zero-order chi connectivity index (χ0) is 12.0. The lowest BCUT2D eigenvalue weighted by atomic mass is 9.83. The molecule has 16 heavy (non-hydrogen) atoms. The van der Waals surface area contributed by atoms with E-state index in [1.165, 1.54) is 24.0 Å². The minimum Gasteiger partial charge on any atom is -0.0998 e. The Bertz CT molecular complexity index is 210. The lowest BCUT2D eigenvalue weighted by Gasteiger charge is -2.23. The van der Waals surface area contributed by atoms with Crippen LogP contribution in [0.2, 0.25) is 0 Å². The maximum atomic E-state index is 4.18. The first-order chi connectivity index (χ1) is 6.84. The zero-order valence-corrected chi connectivity index (χ0v) is 11.3. The van der Waals surface area contributed by atoms with Crippen molar-refractivity contribution in [2.45, 2.75) is 61.3 Å². The van der Waals surface area contributed by atoms with Crippen molar-refractivity contribution in [2.75, 3.05) is 0 Å². The van der Waals surface area contributed by atoms with Crippen molar-refractivity contribution in [3.8, 4) is 0 Å². The molecule has 0 saturated heterocycles. The molecular weight excluding hydrogens is 192 g/mol. The van der Waals surface area contributed by atoms with Crippen LogP contribution in [0.4, 0.5) is 0 Å². The van der Waals surface area contributed by atoms with Gasteiger partial charge in [-0.15, -0.1) is 0 Å². The summed E-state index contributed by atoms with van der Waals surface area (Å²) < 4.78 is 0. The molecule has 0 spiro atoms. The minimum atomic E-state index is 0. The van der Waals surface area contributed by atoms with Crippen LogP contribution in [0.15, 0.2) is 24.3 Å². The SMILES string of the molecule is C.C=C(C)CC(=C)C(C)C(C)CCC(C)C. The van der Waals surface area contributed by atoms with E-state index in [0.717, 1.165) is 18.3 Å². The predicted octanol–water partition coefficient (Wildman–Crippen LogP) is 5.85. The molecule has 0 fully saturated rings. The average Bonchev–Trinajstić information content (AvgIpc) is 2.11. The van der Waals surface area contributed by atoms with Gasteiger partial charge in [0.25, 0.3) is 0 Å². The van der Waals surface area contributed by atoms with Crippen LogP contribution in [0, 0.1) is 17.8 Å². The standard InChI is InChI=1S/C15H28.CH4/c1-11(2)8-9-13(5)15(7)14(6)10-12(3)4;/h11,13,15H,3,6,8-10H2,1-2,4-5,7H3;1H4. The average molecular weight is 224 g/mol. The van der Waals surface area contributed by atoms with E-state index >= 15 is 0 Å². The number of hydrogen-bond acceptors (Lipinski definition) is 0. The van der Waals surface area contributed by atoms with Crippen molar-refractivity contribution in [3.05, 3.63) is 24.3 Å². The first kappa shape index (κ1) is 17.9.